The molecule has 0 bridgehead atoms. The summed E-state index contributed by atoms with van der Waals surface area (Å²) in [7, 11) is 0. The molecule has 0 saturated heterocycles. The van der Waals surface area contributed by atoms with Gasteiger partial charge in [-0.05, 0) is 57.6 Å². The summed E-state index contributed by atoms with van der Waals surface area (Å²) >= 11 is 0. The van der Waals surface area contributed by atoms with Gasteiger partial charge in [0.15, 0.2) is 0 Å². The quantitative estimate of drug-likeness (QED) is 0.701. The van der Waals surface area contributed by atoms with Crippen LogP contribution < -0.4 is 5.32 Å². The number of H-pyrrole nitrogens is 1. The first-order valence-corrected chi connectivity index (χ1v) is 5.99. The molecule has 84 valence electrons. The number of nitrogens with zero attached hydrogens (tertiary/aromatic N) is 1. The monoisotopic (exact) mass is 207 g/mol. The van der Waals surface area contributed by atoms with Gasteiger partial charge in [-0.25, -0.2) is 0 Å². The first-order chi connectivity index (χ1) is 7.27. The number of rotatable bonds is 6. The van der Waals surface area contributed by atoms with Gasteiger partial charge in [0.05, 0.1) is 6.20 Å². The molecular formula is C12H21N3. The largest absolute Gasteiger partial charge is 0.314 e. The van der Waals surface area contributed by atoms with Crippen molar-refractivity contribution >= 4 is 0 Å². The van der Waals surface area contributed by atoms with Crippen molar-refractivity contribution in [2.24, 2.45) is 5.92 Å². The third kappa shape index (κ3) is 3.06. The Morgan fingerprint density at radius 2 is 2.40 bits per heavy atom. The van der Waals surface area contributed by atoms with E-state index in [0.29, 0.717) is 0 Å². The van der Waals surface area contributed by atoms with E-state index in [1.54, 1.807) is 0 Å². The van der Waals surface area contributed by atoms with Crippen molar-refractivity contribution in [3.05, 3.63) is 17.5 Å². The molecule has 1 aliphatic carbocycles. The Labute approximate surface area is 91.7 Å². The van der Waals surface area contributed by atoms with E-state index in [9.17, 15) is 0 Å². The van der Waals surface area contributed by atoms with Crippen molar-refractivity contribution in [2.45, 2.75) is 45.6 Å². The number of hydrogen-bond donors (Lipinski definition) is 2. The summed E-state index contributed by atoms with van der Waals surface area (Å²) < 4.78 is 0. The van der Waals surface area contributed by atoms with E-state index >= 15 is 0 Å². The highest BCUT2D eigenvalue weighted by molar-refractivity contribution is 5.14. The highest BCUT2D eigenvalue weighted by Gasteiger charge is 2.26. The highest BCUT2D eigenvalue weighted by Crippen LogP contribution is 2.32. The first-order valence-electron chi connectivity index (χ1n) is 5.99. The summed E-state index contributed by atoms with van der Waals surface area (Å²) in [5.41, 5.74) is 2.57. The summed E-state index contributed by atoms with van der Waals surface area (Å²) in [6.07, 6.45) is 7.13. The Morgan fingerprint density at radius 3 is 3.00 bits per heavy atom. The van der Waals surface area contributed by atoms with Crippen LogP contribution in [0.1, 0.15) is 37.4 Å². The minimum absolute atomic E-state index is 0.718. The summed E-state index contributed by atoms with van der Waals surface area (Å²) in [5.74, 6) is 0.959. The van der Waals surface area contributed by atoms with Crippen LogP contribution in [0.3, 0.4) is 0 Å². The zero-order valence-corrected chi connectivity index (χ0v) is 9.71. The van der Waals surface area contributed by atoms with Gasteiger partial charge in [-0.1, -0.05) is 0 Å². The Balaban J connectivity index is 1.60. The van der Waals surface area contributed by atoms with Crippen LogP contribution >= 0.6 is 0 Å². The fourth-order valence-electron chi connectivity index (χ4n) is 2.00. The summed E-state index contributed by atoms with van der Waals surface area (Å²) in [6, 6.07) is 0.718. The fourth-order valence-corrected chi connectivity index (χ4v) is 2.00. The predicted octanol–water partition coefficient (Wildman–Crippen LogP) is 2.04. The zero-order valence-electron chi connectivity index (χ0n) is 9.71. The van der Waals surface area contributed by atoms with Gasteiger partial charge >= 0.3 is 0 Å². The van der Waals surface area contributed by atoms with Gasteiger partial charge in [-0.3, -0.25) is 5.10 Å². The molecule has 1 fully saturated rings. The van der Waals surface area contributed by atoms with E-state index < -0.39 is 0 Å². The van der Waals surface area contributed by atoms with E-state index in [4.69, 9.17) is 0 Å². The van der Waals surface area contributed by atoms with Gasteiger partial charge in [0, 0.05) is 11.7 Å². The Bertz CT molecular complexity index is 302. The molecule has 1 aliphatic rings. The molecule has 2 N–H and O–H groups in total. The maximum atomic E-state index is 4.03. The van der Waals surface area contributed by atoms with Crippen LogP contribution in [0.25, 0.3) is 0 Å². The van der Waals surface area contributed by atoms with Gasteiger partial charge in [-0.2, -0.15) is 5.10 Å². The third-order valence-electron chi connectivity index (χ3n) is 3.35. The molecule has 0 spiro atoms. The lowest BCUT2D eigenvalue weighted by molar-refractivity contribution is 0.490. The molecule has 0 unspecified atom stereocenters. The number of aromatic amines is 1. The number of nitrogens with one attached hydrogen (secondary N) is 2. The molecule has 0 amide bonds. The number of hydrogen-bond acceptors (Lipinski definition) is 2. The first kappa shape index (κ1) is 10.7. The molecule has 1 aromatic heterocycles. The van der Waals surface area contributed by atoms with Gasteiger partial charge in [0.1, 0.15) is 0 Å². The summed E-state index contributed by atoms with van der Waals surface area (Å²) in [6.45, 7) is 5.52. The van der Waals surface area contributed by atoms with Crippen LogP contribution in [0, 0.1) is 12.8 Å². The molecule has 1 atom stereocenters. The topological polar surface area (TPSA) is 40.7 Å². The summed E-state index contributed by atoms with van der Waals surface area (Å²) in [4.78, 5) is 0. The summed E-state index contributed by atoms with van der Waals surface area (Å²) in [5, 5.41) is 10.6. The fraction of sp³-hybridized carbons (Fsp3) is 0.750. The van der Waals surface area contributed by atoms with Gasteiger partial charge < -0.3 is 5.32 Å². The number of aromatic nitrogens is 2. The Kier molecular flexibility index (Phi) is 3.41. The highest BCUT2D eigenvalue weighted by atomic mass is 15.1. The van der Waals surface area contributed by atoms with Crippen LogP contribution in [0.4, 0.5) is 0 Å². The van der Waals surface area contributed by atoms with Crippen molar-refractivity contribution in [3.63, 3.8) is 0 Å². The second-order valence-electron chi connectivity index (χ2n) is 4.70. The molecule has 1 aromatic rings. The average Bonchev–Trinajstić information content (AvgIpc) is 2.99. The predicted molar refractivity (Wildman–Crippen MR) is 61.8 cm³/mol. The molecule has 0 aliphatic heterocycles. The van der Waals surface area contributed by atoms with Crippen LogP contribution in [-0.2, 0) is 6.42 Å². The molecule has 15 heavy (non-hydrogen) atoms. The van der Waals surface area contributed by atoms with Crippen LogP contribution in [-0.4, -0.2) is 22.8 Å². The van der Waals surface area contributed by atoms with Crippen molar-refractivity contribution in [1.29, 1.82) is 0 Å². The molecule has 1 heterocycles. The van der Waals surface area contributed by atoms with E-state index in [0.717, 1.165) is 24.9 Å². The van der Waals surface area contributed by atoms with Crippen molar-refractivity contribution in [3.8, 4) is 0 Å². The molecular weight excluding hydrogens is 186 g/mol. The SMILES string of the molecule is Cc1[nH]ncc1CCCN[C@H](C)C1CC1. The van der Waals surface area contributed by atoms with Gasteiger partial charge in [0.2, 0.25) is 0 Å². The normalized spacial score (nSPS) is 18.0. The van der Waals surface area contributed by atoms with Gasteiger partial charge in [-0.15, -0.1) is 0 Å². The third-order valence-corrected chi connectivity index (χ3v) is 3.35. The van der Waals surface area contributed by atoms with E-state index in [-0.39, 0.29) is 0 Å². The van der Waals surface area contributed by atoms with Gasteiger partial charge in [0.25, 0.3) is 0 Å². The molecule has 3 heteroatoms. The second-order valence-corrected chi connectivity index (χ2v) is 4.70. The molecule has 1 saturated carbocycles. The number of aryl methyl sites for hydroxylation is 2. The second kappa shape index (κ2) is 4.79. The Morgan fingerprint density at radius 1 is 1.60 bits per heavy atom. The lowest BCUT2D eigenvalue weighted by Gasteiger charge is -2.11. The molecule has 3 nitrogen and oxygen atoms in total. The van der Waals surface area contributed by atoms with Crippen molar-refractivity contribution < 1.29 is 0 Å². The van der Waals surface area contributed by atoms with Crippen LogP contribution in [0.2, 0.25) is 0 Å². The van der Waals surface area contributed by atoms with E-state index in [2.05, 4.69) is 29.4 Å². The minimum atomic E-state index is 0.718. The maximum absolute atomic E-state index is 4.03. The maximum Gasteiger partial charge on any atom is 0.0522 e. The van der Waals surface area contributed by atoms with Crippen LogP contribution in [0.5, 0.6) is 0 Å². The lowest BCUT2D eigenvalue weighted by Crippen LogP contribution is -2.28. The lowest BCUT2D eigenvalue weighted by atomic mass is 10.1. The average molecular weight is 207 g/mol. The van der Waals surface area contributed by atoms with Crippen molar-refractivity contribution in [2.75, 3.05) is 6.54 Å². The molecule has 0 radical (unpaired) electrons. The zero-order chi connectivity index (χ0) is 10.7. The molecule has 2 rings (SSSR count). The smallest absolute Gasteiger partial charge is 0.0522 e. The van der Waals surface area contributed by atoms with E-state index in [1.165, 1.54) is 30.5 Å². The van der Waals surface area contributed by atoms with Crippen molar-refractivity contribution in [1.82, 2.24) is 15.5 Å². The standard InChI is InChI=1S/C12H21N3/c1-9(11-5-6-11)13-7-3-4-12-8-14-15-10(12)2/h8-9,11,13H,3-7H2,1-2H3,(H,14,15)/t9-/m1/s1. The van der Waals surface area contributed by atoms with Crippen LogP contribution in [0.15, 0.2) is 6.20 Å². The van der Waals surface area contributed by atoms with E-state index in [1.807, 2.05) is 6.20 Å². The molecule has 0 aromatic carbocycles. The Hall–Kier alpha value is -0.830. The minimum Gasteiger partial charge on any atom is -0.314 e.